The second-order valence-corrected chi connectivity index (χ2v) is 11.4. The van der Waals surface area contributed by atoms with Gasteiger partial charge in [-0.3, -0.25) is 9.98 Å². The van der Waals surface area contributed by atoms with Crippen LogP contribution in [0.4, 0.5) is 0 Å². The molecule has 6 rings (SSSR count). The molecule has 0 fully saturated rings. The molecule has 1 aromatic heterocycles. The van der Waals surface area contributed by atoms with Crippen LogP contribution in [0, 0.1) is 24.7 Å². The first-order valence-corrected chi connectivity index (χ1v) is 14.5. The molecule has 2 aromatic carbocycles. The highest BCUT2D eigenvalue weighted by atomic mass is 15.1. The first-order chi connectivity index (χ1) is 19.9. The van der Waals surface area contributed by atoms with Crippen LogP contribution in [0.1, 0.15) is 31.4 Å². The predicted octanol–water partition coefficient (Wildman–Crippen LogP) is 6.82. The Hall–Kier alpha value is -4.50. The Morgan fingerprint density at radius 2 is 1.71 bits per heavy atom. The minimum atomic E-state index is -0.136. The van der Waals surface area contributed by atoms with Crippen LogP contribution in [0.15, 0.2) is 131 Å². The fourth-order valence-corrected chi connectivity index (χ4v) is 5.73. The zero-order valence-corrected chi connectivity index (χ0v) is 24.1. The highest BCUT2D eigenvalue weighted by molar-refractivity contribution is 6.10. The van der Waals surface area contributed by atoms with E-state index in [9.17, 15) is 0 Å². The summed E-state index contributed by atoms with van der Waals surface area (Å²) in [7, 11) is 0. The van der Waals surface area contributed by atoms with Gasteiger partial charge >= 0.3 is 0 Å². The third-order valence-corrected chi connectivity index (χ3v) is 8.22. The average Bonchev–Trinajstić information content (AvgIpc) is 3.01. The topological polar surface area (TPSA) is 37.3 Å². The number of allylic oxidation sites excluding steroid dienone is 8. The van der Waals surface area contributed by atoms with Gasteiger partial charge < -0.3 is 5.32 Å². The van der Waals surface area contributed by atoms with E-state index >= 15 is 0 Å². The number of benzene rings is 2. The molecule has 0 spiro atoms. The van der Waals surface area contributed by atoms with Crippen molar-refractivity contribution < 1.29 is 0 Å². The van der Waals surface area contributed by atoms with Crippen molar-refractivity contribution >= 4 is 18.4 Å². The maximum Gasteiger partial charge on any atom is 0.144 e. The van der Waals surface area contributed by atoms with Gasteiger partial charge in [0, 0.05) is 29.3 Å². The number of rotatable bonds is 6. The summed E-state index contributed by atoms with van der Waals surface area (Å²) >= 11 is 0. The number of aryl methyl sites for hydroxylation is 1. The zero-order chi connectivity index (χ0) is 28.3. The number of hydrogen-bond donors (Lipinski definition) is 1. The van der Waals surface area contributed by atoms with Crippen LogP contribution >= 0.6 is 0 Å². The van der Waals surface area contributed by atoms with Crippen LogP contribution in [-0.2, 0) is 0 Å². The molecule has 0 bridgehead atoms. The Labute approximate surface area is 243 Å². The third kappa shape index (κ3) is 6.00. The molecule has 0 saturated carbocycles. The molecule has 0 radical (unpaired) electrons. The number of fused-ring (bicyclic) bond motifs is 1. The molecule has 3 aliphatic rings. The van der Waals surface area contributed by atoms with Crippen LogP contribution in [0.3, 0.4) is 0 Å². The van der Waals surface area contributed by atoms with Crippen molar-refractivity contribution in [3.8, 4) is 11.3 Å². The van der Waals surface area contributed by atoms with Gasteiger partial charge in [-0.05, 0) is 66.0 Å². The van der Waals surface area contributed by atoms with Gasteiger partial charge in [-0.25, -0.2) is 0 Å². The van der Waals surface area contributed by atoms with E-state index in [-0.39, 0.29) is 12.1 Å². The third-order valence-electron chi connectivity index (χ3n) is 8.22. The normalized spacial score (nSPS) is 22.6. The highest BCUT2D eigenvalue weighted by Crippen LogP contribution is 2.33. The van der Waals surface area contributed by atoms with Gasteiger partial charge in [0.25, 0.3) is 0 Å². The molecule has 41 heavy (non-hydrogen) atoms. The van der Waals surface area contributed by atoms with Crippen molar-refractivity contribution in [3.63, 3.8) is 0 Å². The molecule has 2 aliphatic carbocycles. The van der Waals surface area contributed by atoms with E-state index < -0.39 is 0 Å². The van der Waals surface area contributed by atoms with E-state index in [0.717, 1.165) is 34.2 Å². The van der Waals surface area contributed by atoms with Crippen molar-refractivity contribution in [2.75, 3.05) is 0 Å². The summed E-state index contributed by atoms with van der Waals surface area (Å²) in [5.74, 6) is 1.08. The quantitative estimate of drug-likeness (QED) is 0.376. The van der Waals surface area contributed by atoms with Gasteiger partial charge in [-0.1, -0.05) is 116 Å². The fourth-order valence-electron chi connectivity index (χ4n) is 5.73. The van der Waals surface area contributed by atoms with Crippen LogP contribution in [0.25, 0.3) is 23.9 Å². The SMILES string of the molecule is C=c1ccc(C)c/c1=C/CC(C)C1=CC(c2ccc(-c3ccccn3)cc2)=NC(C2=CC3C=CC(C)=CC3C=C2)N1. The number of aromatic nitrogens is 1. The zero-order valence-electron chi connectivity index (χ0n) is 24.1. The van der Waals surface area contributed by atoms with E-state index in [0.29, 0.717) is 11.8 Å². The number of nitrogens with zero attached hydrogens (tertiary/aromatic N) is 2. The second-order valence-electron chi connectivity index (χ2n) is 11.4. The lowest BCUT2D eigenvalue weighted by Crippen LogP contribution is -2.36. The summed E-state index contributed by atoms with van der Waals surface area (Å²) in [6.45, 7) is 10.8. The average molecular weight is 536 g/mol. The number of pyridine rings is 1. The highest BCUT2D eigenvalue weighted by Gasteiger charge is 2.26. The second kappa shape index (κ2) is 11.5. The van der Waals surface area contributed by atoms with Crippen LogP contribution < -0.4 is 15.8 Å². The molecule has 0 amide bonds. The lowest BCUT2D eigenvalue weighted by molar-refractivity contribution is 0.558. The molecular formula is C38H37N3. The largest absolute Gasteiger partial charge is 0.363 e. The van der Waals surface area contributed by atoms with Crippen molar-refractivity contribution in [3.05, 3.63) is 148 Å². The van der Waals surface area contributed by atoms with Gasteiger partial charge in [0.1, 0.15) is 6.17 Å². The van der Waals surface area contributed by atoms with Crippen LogP contribution in [0.5, 0.6) is 0 Å². The summed E-state index contributed by atoms with van der Waals surface area (Å²) in [6, 6.07) is 21.1. The molecule has 1 N–H and O–H groups in total. The molecule has 3 nitrogen and oxygen atoms in total. The standard InChI is InChI=1S/C38H37N3/c1-25-8-10-27(3)31(21-25)13-11-28(4)36-24-37(30-16-14-29(15-17-30)35-7-5-6-20-39-35)41-38(40-36)34-19-18-32-22-26(2)9-12-33(32)23-34/h5-10,12-24,28,32-33,38,40H,3,11H2,1-2,4H3/b31-13-. The van der Waals surface area contributed by atoms with Crippen molar-refractivity contribution in [1.29, 1.82) is 0 Å². The molecule has 4 unspecified atom stereocenters. The Balaban J connectivity index is 1.32. The number of nitrogens with one attached hydrogen (secondary N) is 1. The summed E-state index contributed by atoms with van der Waals surface area (Å²) < 4.78 is 0. The Kier molecular flexibility index (Phi) is 7.52. The summed E-state index contributed by atoms with van der Waals surface area (Å²) in [6.07, 6.45) is 21.0. The van der Waals surface area contributed by atoms with Crippen molar-refractivity contribution in [1.82, 2.24) is 10.3 Å². The molecular weight excluding hydrogens is 498 g/mol. The Morgan fingerprint density at radius 3 is 2.51 bits per heavy atom. The molecule has 1 aliphatic heterocycles. The van der Waals surface area contributed by atoms with Gasteiger partial charge in [0.15, 0.2) is 0 Å². The molecule has 2 heterocycles. The number of hydrogen-bond acceptors (Lipinski definition) is 3. The number of aliphatic imine (C=N–C) groups is 1. The lowest BCUT2D eigenvalue weighted by atomic mass is 9.80. The molecule has 4 atom stereocenters. The van der Waals surface area contributed by atoms with Gasteiger partial charge in [-0.15, -0.1) is 0 Å². The summed E-state index contributed by atoms with van der Waals surface area (Å²) in [5.41, 5.74) is 9.19. The monoisotopic (exact) mass is 535 g/mol. The smallest absolute Gasteiger partial charge is 0.144 e. The minimum Gasteiger partial charge on any atom is -0.363 e. The first-order valence-electron chi connectivity index (χ1n) is 14.5. The first kappa shape index (κ1) is 26.7. The van der Waals surface area contributed by atoms with Gasteiger partial charge in [0.05, 0.1) is 11.4 Å². The van der Waals surface area contributed by atoms with Crippen LogP contribution in [-0.4, -0.2) is 16.9 Å². The Bertz CT molecular complexity index is 1730. The molecule has 0 saturated heterocycles. The van der Waals surface area contributed by atoms with E-state index in [2.05, 4.69) is 129 Å². The Morgan fingerprint density at radius 1 is 0.927 bits per heavy atom. The van der Waals surface area contributed by atoms with Gasteiger partial charge in [-0.2, -0.15) is 0 Å². The maximum absolute atomic E-state index is 5.24. The van der Waals surface area contributed by atoms with E-state index in [1.807, 2.05) is 24.4 Å². The molecule has 3 aromatic rings. The van der Waals surface area contributed by atoms with E-state index in [1.165, 1.54) is 27.6 Å². The summed E-state index contributed by atoms with van der Waals surface area (Å²) in [4.78, 5) is 9.75. The van der Waals surface area contributed by atoms with Crippen LogP contribution in [0.2, 0.25) is 0 Å². The van der Waals surface area contributed by atoms with Crippen molar-refractivity contribution in [2.45, 2.75) is 33.4 Å². The summed E-state index contributed by atoms with van der Waals surface area (Å²) in [5, 5.41) is 6.07. The lowest BCUT2D eigenvalue weighted by Gasteiger charge is -2.31. The van der Waals surface area contributed by atoms with Crippen molar-refractivity contribution in [2.24, 2.45) is 22.7 Å². The molecule has 3 heteroatoms. The predicted molar refractivity (Wildman–Crippen MR) is 173 cm³/mol. The minimum absolute atomic E-state index is 0.136. The van der Waals surface area contributed by atoms with E-state index in [1.54, 1.807) is 0 Å². The fraction of sp³-hybridized carbons (Fsp3) is 0.211. The maximum atomic E-state index is 5.24. The van der Waals surface area contributed by atoms with E-state index in [4.69, 9.17) is 4.99 Å². The molecule has 204 valence electrons. The van der Waals surface area contributed by atoms with Gasteiger partial charge in [0.2, 0.25) is 0 Å².